The highest BCUT2D eigenvalue weighted by Gasteiger charge is 2.32. The van der Waals surface area contributed by atoms with Crippen LogP contribution in [0.5, 0.6) is 0 Å². The Morgan fingerprint density at radius 1 is 0.380 bits per heavy atom. The second-order valence-electron chi connectivity index (χ2n) is 20.2. The van der Waals surface area contributed by atoms with Crippen molar-refractivity contribution in [2.45, 2.75) is 12.3 Å². The Bertz CT molecular complexity index is 4900. The number of para-hydroxylation sites is 3. The fourth-order valence-electron chi connectivity index (χ4n) is 12.0. The number of furan rings is 1. The lowest BCUT2D eigenvalue weighted by Crippen LogP contribution is -2.35. The SMILES string of the molecule is c1ccc(C2=NC(c3ccc(-n4c5ccccc5c5c6oc7ccccc7c6c6c(c7ccccc7n6-c6ccc7ccccc7c6)c54)c(C4N=C(c5ccccc5)N=C(c5ccccc5)N4)c3)NC(c3ccccc3)=N2)cc1. The number of nitrogens with one attached hydrogen (secondary N) is 2. The first-order valence-electron chi connectivity index (χ1n) is 26.7. The van der Waals surface area contributed by atoms with Crippen LogP contribution in [0.3, 0.4) is 0 Å². The number of benzene rings is 11. The summed E-state index contributed by atoms with van der Waals surface area (Å²) in [5.74, 6) is 2.74. The molecule has 5 heterocycles. The highest BCUT2D eigenvalue weighted by molar-refractivity contribution is 6.39. The summed E-state index contributed by atoms with van der Waals surface area (Å²) >= 11 is 0. The molecule has 79 heavy (non-hydrogen) atoms. The van der Waals surface area contributed by atoms with Gasteiger partial charge < -0.3 is 24.2 Å². The molecule has 0 saturated heterocycles. The Balaban J connectivity index is 1.02. The molecule has 0 saturated carbocycles. The van der Waals surface area contributed by atoms with Crippen LogP contribution in [0.15, 0.2) is 279 Å². The molecule has 9 nitrogen and oxygen atoms in total. The van der Waals surface area contributed by atoms with Gasteiger partial charge in [-0.25, -0.2) is 20.0 Å². The zero-order valence-corrected chi connectivity index (χ0v) is 42.5. The third-order valence-corrected chi connectivity index (χ3v) is 15.6. The quantitative estimate of drug-likeness (QED) is 0.159. The van der Waals surface area contributed by atoms with Crippen LogP contribution in [0.2, 0.25) is 0 Å². The highest BCUT2D eigenvalue weighted by atomic mass is 16.3. The number of aliphatic imine (C=N–C) groups is 4. The first-order chi connectivity index (χ1) is 39.2. The van der Waals surface area contributed by atoms with Crippen molar-refractivity contribution in [3.63, 3.8) is 0 Å². The smallest absolute Gasteiger partial charge is 0.159 e. The number of fused-ring (bicyclic) bond motifs is 13. The van der Waals surface area contributed by atoms with E-state index in [0.29, 0.717) is 11.7 Å². The Kier molecular flexibility index (Phi) is 10.2. The number of amidine groups is 4. The summed E-state index contributed by atoms with van der Waals surface area (Å²) in [6.07, 6.45) is -1.14. The molecule has 9 heteroatoms. The maximum Gasteiger partial charge on any atom is 0.159 e. The molecule has 2 atom stereocenters. The van der Waals surface area contributed by atoms with Gasteiger partial charge in [0.05, 0.1) is 38.5 Å². The summed E-state index contributed by atoms with van der Waals surface area (Å²) in [7, 11) is 0. The largest absolute Gasteiger partial charge is 0.455 e. The van der Waals surface area contributed by atoms with Crippen LogP contribution in [-0.2, 0) is 0 Å². The molecule has 2 N–H and O–H groups in total. The summed E-state index contributed by atoms with van der Waals surface area (Å²) < 4.78 is 12.2. The molecule has 14 aromatic rings. The molecular formula is C70H46N8O. The third kappa shape index (κ3) is 7.24. The van der Waals surface area contributed by atoms with Crippen molar-refractivity contribution in [2.24, 2.45) is 20.0 Å². The summed E-state index contributed by atoms with van der Waals surface area (Å²) in [6.45, 7) is 0. The predicted molar refractivity (Wildman–Crippen MR) is 324 cm³/mol. The molecule has 16 rings (SSSR count). The zero-order valence-electron chi connectivity index (χ0n) is 42.5. The third-order valence-electron chi connectivity index (χ3n) is 15.6. The van der Waals surface area contributed by atoms with Crippen LogP contribution in [0, 0.1) is 0 Å². The van der Waals surface area contributed by atoms with Crippen LogP contribution < -0.4 is 10.6 Å². The maximum absolute atomic E-state index is 7.24. The normalized spacial score (nSPS) is 15.6. The second kappa shape index (κ2) is 18.0. The maximum atomic E-state index is 7.24. The highest BCUT2D eigenvalue weighted by Crippen LogP contribution is 2.50. The van der Waals surface area contributed by atoms with Gasteiger partial charge in [-0.05, 0) is 58.8 Å². The van der Waals surface area contributed by atoms with E-state index in [4.69, 9.17) is 24.4 Å². The minimum absolute atomic E-state index is 0.515. The van der Waals surface area contributed by atoms with Crippen molar-refractivity contribution in [1.82, 2.24) is 19.8 Å². The molecule has 0 spiro atoms. The fourth-order valence-corrected chi connectivity index (χ4v) is 12.0. The number of nitrogens with zero attached hydrogens (tertiary/aromatic N) is 6. The van der Waals surface area contributed by atoms with Crippen molar-refractivity contribution in [3.8, 4) is 11.4 Å². The van der Waals surface area contributed by atoms with Gasteiger partial charge in [-0.3, -0.25) is 0 Å². The van der Waals surface area contributed by atoms with Crippen molar-refractivity contribution < 1.29 is 4.42 Å². The van der Waals surface area contributed by atoms with Crippen molar-refractivity contribution in [2.75, 3.05) is 0 Å². The zero-order chi connectivity index (χ0) is 52.0. The minimum atomic E-state index is -0.623. The molecule has 0 radical (unpaired) electrons. The molecule has 372 valence electrons. The topological polar surface area (TPSA) is 96.5 Å². The Labute approximate surface area is 453 Å². The van der Waals surface area contributed by atoms with Crippen molar-refractivity contribution >= 4 is 99.7 Å². The lowest BCUT2D eigenvalue weighted by atomic mass is 10.0. The van der Waals surface area contributed by atoms with E-state index >= 15 is 0 Å². The molecule has 0 aliphatic carbocycles. The van der Waals surface area contributed by atoms with E-state index in [0.717, 1.165) is 122 Å². The van der Waals surface area contributed by atoms with E-state index in [-0.39, 0.29) is 0 Å². The van der Waals surface area contributed by atoms with Crippen LogP contribution >= 0.6 is 0 Å². The number of hydrogen-bond acceptors (Lipinski definition) is 7. The summed E-state index contributed by atoms with van der Waals surface area (Å²) in [4.78, 5) is 21.4. The Morgan fingerprint density at radius 3 is 1.53 bits per heavy atom. The van der Waals surface area contributed by atoms with Crippen LogP contribution in [0.1, 0.15) is 45.7 Å². The van der Waals surface area contributed by atoms with Gasteiger partial charge in [-0.15, -0.1) is 0 Å². The average Bonchev–Trinajstić information content (AvgIpc) is 3.95. The Morgan fingerprint density at radius 2 is 0.873 bits per heavy atom. The van der Waals surface area contributed by atoms with E-state index < -0.39 is 12.3 Å². The molecule has 2 aliphatic heterocycles. The molecule has 0 fully saturated rings. The molecule has 0 amide bonds. The number of aromatic nitrogens is 2. The fraction of sp³-hybridized carbons (Fsp3) is 0.0286. The van der Waals surface area contributed by atoms with Crippen molar-refractivity contribution in [3.05, 3.63) is 288 Å². The second-order valence-corrected chi connectivity index (χ2v) is 20.2. The van der Waals surface area contributed by atoms with Gasteiger partial charge in [-0.2, -0.15) is 0 Å². The monoisotopic (exact) mass is 1010 g/mol. The van der Waals surface area contributed by atoms with E-state index in [9.17, 15) is 0 Å². The lowest BCUT2D eigenvalue weighted by molar-refractivity contribution is 0.651. The van der Waals surface area contributed by atoms with E-state index in [1.807, 2.05) is 72.8 Å². The average molecular weight is 1020 g/mol. The first kappa shape index (κ1) is 44.6. The molecule has 11 aromatic carbocycles. The standard InChI is InChI=1S/C70H46N8O/c1-5-22-44(23-6-1)65-71-66(45-24-7-2-8-25-45)74-69(73-65)49-38-40-57(54(42-49)70-75-67(46-26-9-3-10-27-46)72-68(76-70)47-28-11-4-12-29-47)78-56-35-19-16-32-52(56)60-63(78)59-51-31-15-18-34-55(51)77(50-39-37-43-21-13-14-30-48(43)41-50)62(59)61-53-33-17-20-36-58(53)79-64(60)61/h1-42,69-70H,(H,71,73,74)(H,72,75,76). The summed E-state index contributed by atoms with van der Waals surface area (Å²) in [5.41, 5.74) is 13.6. The van der Waals surface area contributed by atoms with E-state index in [1.54, 1.807) is 0 Å². The number of rotatable bonds is 8. The van der Waals surface area contributed by atoms with Crippen LogP contribution in [-0.4, -0.2) is 32.5 Å². The molecule has 0 bridgehead atoms. The molecule has 2 unspecified atom stereocenters. The minimum Gasteiger partial charge on any atom is -0.455 e. The Hall–Kier alpha value is -10.6. The van der Waals surface area contributed by atoms with E-state index in [1.165, 1.54) is 10.8 Å². The van der Waals surface area contributed by atoms with Gasteiger partial charge in [0.15, 0.2) is 11.7 Å². The van der Waals surface area contributed by atoms with Gasteiger partial charge >= 0.3 is 0 Å². The lowest BCUT2D eigenvalue weighted by Gasteiger charge is -2.28. The van der Waals surface area contributed by atoms with Gasteiger partial charge in [0.1, 0.15) is 35.2 Å². The first-order valence-corrected chi connectivity index (χ1v) is 26.7. The van der Waals surface area contributed by atoms with Crippen LogP contribution in [0.4, 0.5) is 0 Å². The van der Waals surface area contributed by atoms with Gasteiger partial charge in [-0.1, -0.05) is 212 Å². The molecular weight excluding hydrogens is 969 g/mol. The van der Waals surface area contributed by atoms with E-state index in [2.05, 4.69) is 202 Å². The van der Waals surface area contributed by atoms with Gasteiger partial charge in [0, 0.05) is 55.0 Å². The summed E-state index contributed by atoms with van der Waals surface area (Å²) in [6, 6.07) is 89.3. The van der Waals surface area contributed by atoms with Gasteiger partial charge in [0.25, 0.3) is 0 Å². The number of hydrogen-bond donors (Lipinski definition) is 2. The van der Waals surface area contributed by atoms with Crippen LogP contribution in [0.25, 0.3) is 87.7 Å². The summed E-state index contributed by atoms with van der Waals surface area (Å²) in [5, 5.41) is 16.5. The molecule has 2 aliphatic rings. The van der Waals surface area contributed by atoms with Crippen molar-refractivity contribution in [1.29, 1.82) is 0 Å². The van der Waals surface area contributed by atoms with Gasteiger partial charge in [0.2, 0.25) is 0 Å². The molecule has 3 aromatic heterocycles. The predicted octanol–water partition coefficient (Wildman–Crippen LogP) is 15.9.